The van der Waals surface area contributed by atoms with Gasteiger partial charge in [-0.2, -0.15) is 0 Å². The maximum atomic E-state index is 11.9. The van der Waals surface area contributed by atoms with E-state index >= 15 is 0 Å². The molecule has 0 aliphatic carbocycles. The third-order valence-electron chi connectivity index (χ3n) is 1.52. The molecule has 1 N–H and O–H groups in total. The summed E-state index contributed by atoms with van der Waals surface area (Å²) in [6, 6.07) is 0.603. The van der Waals surface area contributed by atoms with Crippen LogP contribution in [-0.2, 0) is 0 Å². The van der Waals surface area contributed by atoms with Gasteiger partial charge in [-0.3, -0.25) is 0 Å². The monoisotopic (exact) mass is 254 g/mol. The van der Waals surface area contributed by atoms with E-state index in [-0.39, 0.29) is 0 Å². The van der Waals surface area contributed by atoms with E-state index in [1.807, 2.05) is 0 Å². The molecule has 0 saturated carbocycles. The van der Waals surface area contributed by atoms with E-state index in [1.165, 1.54) is 0 Å². The molecule has 1 aromatic heterocycles. The zero-order valence-corrected chi connectivity index (χ0v) is 8.19. The first-order valence-electron chi connectivity index (χ1n) is 3.92. The molecule has 0 unspecified atom stereocenters. The molecule has 0 aliphatic heterocycles. The van der Waals surface area contributed by atoms with Gasteiger partial charge in [-0.25, -0.2) is 0 Å². The Kier molecular flexibility index (Phi) is 3.25. The molecule has 0 aromatic carbocycles. The molecule has 0 spiro atoms. The van der Waals surface area contributed by atoms with Gasteiger partial charge in [-0.1, -0.05) is 0 Å². The van der Waals surface area contributed by atoms with E-state index in [1.54, 1.807) is 0 Å². The molecule has 0 aliphatic rings. The van der Waals surface area contributed by atoms with Crippen LogP contribution < -0.4 is 9.47 Å². The van der Waals surface area contributed by atoms with Crippen LogP contribution in [-0.4, -0.2) is 28.5 Å². The van der Waals surface area contributed by atoms with E-state index in [9.17, 15) is 23.3 Å². The predicted octanol–water partition coefficient (Wildman–Crippen LogP) is 1.60. The lowest BCUT2D eigenvalue weighted by atomic mass is 10.4. The first kappa shape index (κ1) is 12.8. The second-order valence-electron chi connectivity index (χ2n) is 2.64. The molecule has 17 heavy (non-hydrogen) atoms. The molecule has 1 rings (SSSR count). The second kappa shape index (κ2) is 4.31. The largest absolute Gasteiger partial charge is 0.575 e. The van der Waals surface area contributed by atoms with Gasteiger partial charge >= 0.3 is 18.1 Å². The molecule has 0 atom stereocenters. The molecule has 0 amide bonds. The molecular weight excluding hydrogens is 249 g/mol. The van der Waals surface area contributed by atoms with Gasteiger partial charge in [0.05, 0.1) is 7.11 Å². The minimum atomic E-state index is -5.08. The quantitative estimate of drug-likeness (QED) is 0.650. The number of aromatic hydroxyl groups is 1. The predicted molar refractivity (Wildman–Crippen MR) is 45.8 cm³/mol. The number of halogens is 3. The lowest BCUT2D eigenvalue weighted by Gasteiger charge is -2.08. The molecular formula is C7H5F3N2O5. The van der Waals surface area contributed by atoms with Gasteiger partial charge < -0.3 is 24.7 Å². The fourth-order valence-electron chi connectivity index (χ4n) is 0.922. The van der Waals surface area contributed by atoms with Crippen LogP contribution in [0.5, 0.6) is 17.4 Å². The molecule has 0 radical (unpaired) electrons. The van der Waals surface area contributed by atoms with Gasteiger partial charge in [0, 0.05) is 11.1 Å². The summed E-state index contributed by atoms with van der Waals surface area (Å²) in [7, 11) is 0.992. The third kappa shape index (κ3) is 3.09. The number of hydrogen-bond donors (Lipinski definition) is 1. The van der Waals surface area contributed by atoms with Gasteiger partial charge in [0.15, 0.2) is 0 Å². The molecule has 7 nitrogen and oxygen atoms in total. The van der Waals surface area contributed by atoms with Crippen molar-refractivity contribution in [1.29, 1.82) is 0 Å². The third-order valence-corrected chi connectivity index (χ3v) is 1.52. The zero-order chi connectivity index (χ0) is 13.2. The van der Waals surface area contributed by atoms with Crippen molar-refractivity contribution in [3.05, 3.63) is 16.2 Å². The first-order valence-corrected chi connectivity index (χ1v) is 3.92. The van der Waals surface area contributed by atoms with Crippen LogP contribution in [0.3, 0.4) is 0 Å². The number of nitro groups is 1. The minimum Gasteiger partial charge on any atom is -0.501 e. The Balaban J connectivity index is 3.26. The summed E-state index contributed by atoms with van der Waals surface area (Å²) in [6.07, 6.45) is -5.08. The van der Waals surface area contributed by atoms with E-state index in [0.717, 1.165) is 7.11 Å². The van der Waals surface area contributed by atoms with Crippen LogP contribution in [0, 0.1) is 10.1 Å². The van der Waals surface area contributed by atoms with Crippen molar-refractivity contribution in [2.75, 3.05) is 7.11 Å². The highest BCUT2D eigenvalue weighted by molar-refractivity contribution is 5.49. The van der Waals surface area contributed by atoms with E-state index in [4.69, 9.17) is 5.11 Å². The lowest BCUT2D eigenvalue weighted by molar-refractivity contribution is -0.391. The van der Waals surface area contributed by atoms with Gasteiger partial charge in [-0.05, 0) is 4.92 Å². The van der Waals surface area contributed by atoms with E-state index in [2.05, 4.69) is 14.5 Å². The van der Waals surface area contributed by atoms with Crippen LogP contribution in [0.2, 0.25) is 0 Å². The van der Waals surface area contributed by atoms with E-state index in [0.29, 0.717) is 6.07 Å². The Morgan fingerprint density at radius 3 is 2.53 bits per heavy atom. The van der Waals surface area contributed by atoms with Crippen LogP contribution in [0.25, 0.3) is 0 Å². The van der Waals surface area contributed by atoms with Crippen LogP contribution in [0.4, 0.5) is 19.0 Å². The summed E-state index contributed by atoms with van der Waals surface area (Å²) in [5.41, 5.74) is 0. The van der Waals surface area contributed by atoms with Gasteiger partial charge in [-0.15, -0.1) is 13.2 Å². The van der Waals surface area contributed by atoms with Crippen molar-refractivity contribution in [1.82, 2.24) is 4.98 Å². The Bertz CT molecular complexity index is 448. The number of rotatable bonds is 3. The smallest absolute Gasteiger partial charge is 0.501 e. The number of ether oxygens (including phenoxy) is 2. The Labute approximate surface area is 91.6 Å². The van der Waals surface area contributed by atoms with E-state index < -0.39 is 34.5 Å². The Morgan fingerprint density at radius 1 is 1.53 bits per heavy atom. The van der Waals surface area contributed by atoms with Crippen LogP contribution in [0.15, 0.2) is 6.07 Å². The fraction of sp³-hybridized carbons (Fsp3) is 0.286. The Hall–Kier alpha value is -2.26. The van der Waals surface area contributed by atoms with Crippen molar-refractivity contribution >= 4 is 5.82 Å². The highest BCUT2D eigenvalue weighted by atomic mass is 19.4. The first-order chi connectivity index (χ1) is 7.74. The van der Waals surface area contributed by atoms with Crippen molar-refractivity contribution < 1.29 is 32.7 Å². The topological polar surface area (TPSA) is 94.7 Å². The number of nitrogens with zero attached hydrogens (tertiary/aromatic N) is 2. The number of pyridine rings is 1. The fourth-order valence-corrected chi connectivity index (χ4v) is 0.922. The molecule has 0 bridgehead atoms. The molecule has 0 fully saturated rings. The lowest BCUT2D eigenvalue weighted by Crippen LogP contribution is -2.18. The van der Waals surface area contributed by atoms with Gasteiger partial charge in [0.1, 0.15) is 0 Å². The maximum Gasteiger partial charge on any atom is 0.575 e. The summed E-state index contributed by atoms with van der Waals surface area (Å²) in [4.78, 5) is 12.1. The number of aromatic nitrogens is 1. The minimum absolute atomic E-state index is 0.578. The molecule has 1 aromatic rings. The molecule has 94 valence electrons. The summed E-state index contributed by atoms with van der Waals surface area (Å²) in [6.45, 7) is 0. The van der Waals surface area contributed by atoms with Crippen LogP contribution in [0.1, 0.15) is 0 Å². The number of hydrogen-bond acceptors (Lipinski definition) is 6. The maximum absolute atomic E-state index is 11.9. The zero-order valence-electron chi connectivity index (χ0n) is 8.19. The summed E-state index contributed by atoms with van der Waals surface area (Å²) >= 11 is 0. The summed E-state index contributed by atoms with van der Waals surface area (Å²) < 4.78 is 43.7. The van der Waals surface area contributed by atoms with Gasteiger partial charge in [0.25, 0.3) is 0 Å². The highest BCUT2D eigenvalue weighted by Crippen LogP contribution is 2.37. The second-order valence-corrected chi connectivity index (χ2v) is 2.64. The standard InChI is InChI=1S/C7H5F3N2O5/c1-16-4-2-3(13)5(12(14)15)11-6(4)17-7(8,9)10/h2,13H,1H3. The average Bonchev–Trinajstić information content (AvgIpc) is 2.17. The normalized spacial score (nSPS) is 11.1. The number of methoxy groups -OCH3 is 1. The number of alkyl halides is 3. The molecule has 1 heterocycles. The van der Waals surface area contributed by atoms with Crippen molar-refractivity contribution in [3.8, 4) is 17.4 Å². The summed E-state index contributed by atoms with van der Waals surface area (Å²) in [5.74, 6) is -3.82. The SMILES string of the molecule is COc1cc(O)c([N+](=O)[O-])nc1OC(F)(F)F. The molecule has 0 saturated heterocycles. The van der Waals surface area contributed by atoms with Crippen molar-refractivity contribution in [2.45, 2.75) is 6.36 Å². The molecule has 10 heteroatoms. The Morgan fingerprint density at radius 2 is 2.12 bits per heavy atom. The highest BCUT2D eigenvalue weighted by Gasteiger charge is 2.37. The average molecular weight is 254 g/mol. The van der Waals surface area contributed by atoms with Crippen molar-refractivity contribution in [2.24, 2.45) is 0 Å². The van der Waals surface area contributed by atoms with Crippen molar-refractivity contribution in [3.63, 3.8) is 0 Å². The summed E-state index contributed by atoms with van der Waals surface area (Å²) in [5, 5.41) is 19.4. The van der Waals surface area contributed by atoms with Gasteiger partial charge in [0.2, 0.25) is 11.5 Å². The van der Waals surface area contributed by atoms with Crippen LogP contribution >= 0.6 is 0 Å².